The molecule has 0 heterocycles. The summed E-state index contributed by atoms with van der Waals surface area (Å²) in [5, 5.41) is 0. The molecule has 0 aromatic heterocycles. The Morgan fingerprint density at radius 3 is 0.802 bits per heavy atom. The number of fused-ring (bicyclic) bond motifs is 2. The van der Waals surface area contributed by atoms with E-state index in [2.05, 4.69) is 298 Å². The van der Waals surface area contributed by atoms with Gasteiger partial charge in [-0.15, -0.1) is 0 Å². The summed E-state index contributed by atoms with van der Waals surface area (Å²) in [4.78, 5) is 0. The minimum Gasteiger partial charge on any atom is -0.0651 e. The second-order valence-corrected chi connectivity index (χ2v) is 45.0. The summed E-state index contributed by atoms with van der Waals surface area (Å²) in [6.07, 6.45) is 41.7. The molecule has 7 saturated carbocycles. The van der Waals surface area contributed by atoms with Crippen molar-refractivity contribution in [1.82, 2.24) is 0 Å². The van der Waals surface area contributed by atoms with Gasteiger partial charge in [0, 0.05) is 0 Å². The quantitative estimate of drug-likeness (QED) is 0.257. The molecule has 0 spiro atoms. The van der Waals surface area contributed by atoms with E-state index in [0.29, 0.717) is 54.1 Å². The SMILES string of the molecule is CC(C(C)(C)C)C(C)(C)C.CC(C)(C)C(C)(C)C(C)(C)C.CC(C)C(C)(C)C(C)(C)C.CC(C)C(C)(C)C(C)C.CC(C)[C@@H](C)C(C)(C)C.CC1(C)CCCCC1.CC1CCC(C)CC1.CC1CCCCC1.CC1CCC[C@@H](C)C1.CCC1CCCCC1.C[C@H]1CC2CCC1C2. The molecule has 0 aliphatic heterocycles. The Morgan fingerprint density at radius 1 is 0.333 bits per heavy atom. The number of hydrogen-bond donors (Lipinski definition) is 0. The fourth-order valence-electron chi connectivity index (χ4n) is 15.1. The van der Waals surface area contributed by atoms with Crippen molar-refractivity contribution in [2.45, 2.75) is 478 Å². The van der Waals surface area contributed by atoms with Crippen molar-refractivity contribution in [2.75, 3.05) is 0 Å². The topological polar surface area (TPSA) is 0 Å². The average molecular weight is 1350 g/mol. The Labute approximate surface area is 616 Å². The molecule has 7 rings (SSSR count). The predicted molar refractivity (Wildman–Crippen MR) is 450 cm³/mol. The third kappa shape index (κ3) is 46.7. The fraction of sp³-hybridized carbons (Fsp3) is 1.00. The van der Waals surface area contributed by atoms with Gasteiger partial charge >= 0.3 is 0 Å². The van der Waals surface area contributed by atoms with Crippen molar-refractivity contribution in [3.05, 3.63) is 0 Å². The minimum absolute atomic E-state index is 0.375. The van der Waals surface area contributed by atoms with Crippen molar-refractivity contribution >= 4 is 0 Å². The molecule has 0 amide bonds. The molecule has 584 valence electrons. The van der Waals surface area contributed by atoms with Crippen LogP contribution in [0, 0.1) is 143 Å². The molecule has 0 aromatic carbocycles. The second-order valence-electron chi connectivity index (χ2n) is 45.0. The number of rotatable bonds is 5. The maximum atomic E-state index is 2.42. The molecule has 7 aliphatic rings. The van der Waals surface area contributed by atoms with Gasteiger partial charge in [-0.3, -0.25) is 0 Å². The maximum absolute atomic E-state index is 2.42. The molecule has 3 unspecified atom stereocenters. The van der Waals surface area contributed by atoms with Crippen LogP contribution in [0.15, 0.2) is 0 Å². The molecular weight excluding hydrogens is 1150 g/mol. The van der Waals surface area contributed by atoms with Crippen LogP contribution in [0.3, 0.4) is 0 Å². The Hall–Kier alpha value is 0. The second kappa shape index (κ2) is 47.5. The summed E-state index contributed by atoms with van der Waals surface area (Å²) in [7, 11) is 0. The molecule has 0 nitrogen and oxygen atoms in total. The van der Waals surface area contributed by atoms with Crippen LogP contribution in [-0.2, 0) is 0 Å². The van der Waals surface area contributed by atoms with Crippen molar-refractivity contribution in [3.8, 4) is 0 Å². The van der Waals surface area contributed by atoms with Gasteiger partial charge in [-0.1, -0.05) is 439 Å². The largest absolute Gasteiger partial charge is 0.0651 e. The first-order valence-electron chi connectivity index (χ1n) is 43.1. The molecule has 96 heavy (non-hydrogen) atoms. The normalized spacial score (nSPS) is 24.7. The van der Waals surface area contributed by atoms with Gasteiger partial charge in [-0.2, -0.15) is 0 Å². The Bertz CT molecular complexity index is 1710. The minimum atomic E-state index is 0.375. The Kier molecular flexibility index (Phi) is 50.6. The predicted octanol–water partition coefficient (Wildman–Crippen LogP) is 34.8. The number of hydrogen-bond acceptors (Lipinski definition) is 0. The van der Waals surface area contributed by atoms with Crippen LogP contribution in [0.5, 0.6) is 0 Å². The first-order valence-corrected chi connectivity index (χ1v) is 43.1. The smallest absolute Gasteiger partial charge is 0.0257 e. The molecule has 2 bridgehead atoms. The van der Waals surface area contributed by atoms with E-state index in [4.69, 9.17) is 0 Å². The van der Waals surface area contributed by atoms with E-state index in [0.717, 1.165) is 88.8 Å². The monoisotopic (exact) mass is 1350 g/mol. The van der Waals surface area contributed by atoms with E-state index in [1.807, 2.05) is 0 Å². The third-order valence-electron chi connectivity index (χ3n) is 29.1. The molecule has 0 heteroatoms. The van der Waals surface area contributed by atoms with Crippen LogP contribution in [0.4, 0.5) is 0 Å². The van der Waals surface area contributed by atoms with E-state index in [1.54, 1.807) is 25.7 Å². The maximum Gasteiger partial charge on any atom is -0.0257 e. The zero-order chi connectivity index (χ0) is 76.5. The van der Waals surface area contributed by atoms with Crippen LogP contribution < -0.4 is 0 Å². The highest BCUT2D eigenvalue weighted by Gasteiger charge is 2.42. The van der Waals surface area contributed by atoms with Crippen molar-refractivity contribution in [2.24, 2.45) is 143 Å². The van der Waals surface area contributed by atoms with Crippen LogP contribution in [0.2, 0.25) is 0 Å². The molecule has 0 radical (unpaired) electrons. The van der Waals surface area contributed by atoms with Gasteiger partial charge in [0.25, 0.3) is 0 Å². The van der Waals surface area contributed by atoms with E-state index in [9.17, 15) is 0 Å². The lowest BCUT2D eigenvalue weighted by Gasteiger charge is -2.49. The van der Waals surface area contributed by atoms with Crippen LogP contribution in [0.1, 0.15) is 478 Å². The van der Waals surface area contributed by atoms with Crippen LogP contribution in [0.25, 0.3) is 0 Å². The molecular formula is C96H200. The first-order chi connectivity index (χ1) is 43.1. The lowest BCUT2D eigenvalue weighted by atomic mass is 9.56. The molecule has 7 fully saturated rings. The Morgan fingerprint density at radius 2 is 0.677 bits per heavy atom. The standard InChI is InChI=1S/C11H24.2C10H22.2C9H20.C8H14.4C8H16.C7H14/c1-9(2,3)11(7,8)10(4,5)6;1-8(9(2,3)4)10(5,6)7;1-8(2)10(6,7)9(3,4)5;1-7(2)8(3)9(4,5)6;1-7(2)9(5,6)8(3)4;1-6-4-7-2-3-8(6)5-7;1-7-3-5-8(2)6-4-7;1-7-4-3-5-8(2)6-7;1-8(2)6-4-3-5-7-8;1-2-8-6-4-3-5-7-8;1-7-5-3-2-4-6-7/h1-8H3;2*8H,1-7H3;2*7-8H,1-6H3;6-8H,2-5H2,1H3;2*7-8H,3-6H2,1-2H3;3-7H2,1-2H3;8H,2-7H2,1H3;7H,2-6H2,1H3/t;;;8-;;6-,7?,8?;;7-,8?;;;/m...1.0.1.../s1. The third-order valence-corrected chi connectivity index (χ3v) is 29.1. The van der Waals surface area contributed by atoms with Gasteiger partial charge in [0.2, 0.25) is 0 Å². The van der Waals surface area contributed by atoms with Crippen molar-refractivity contribution in [3.63, 3.8) is 0 Å². The summed E-state index contributed by atoms with van der Waals surface area (Å²) < 4.78 is 0. The summed E-state index contributed by atoms with van der Waals surface area (Å²) in [6.45, 7) is 100. The average Bonchev–Trinajstić information content (AvgIpc) is 1.04. The van der Waals surface area contributed by atoms with Crippen LogP contribution in [-0.4, -0.2) is 0 Å². The van der Waals surface area contributed by atoms with Gasteiger partial charge < -0.3 is 0 Å². The highest BCUT2D eigenvalue weighted by molar-refractivity contribution is 4.92. The molecule has 0 N–H and O–H groups in total. The molecule has 6 atom stereocenters. The summed E-state index contributed by atoms with van der Waals surface area (Å²) in [5.41, 5.74) is 4.54. The molecule has 0 aromatic rings. The lowest BCUT2D eigenvalue weighted by molar-refractivity contribution is 0.00575. The van der Waals surface area contributed by atoms with Gasteiger partial charge in [-0.25, -0.2) is 0 Å². The lowest BCUT2D eigenvalue weighted by Crippen LogP contribution is -2.41. The van der Waals surface area contributed by atoms with E-state index < -0.39 is 0 Å². The summed E-state index contributed by atoms with van der Waals surface area (Å²) in [5.74, 6) is 14.3. The van der Waals surface area contributed by atoms with Crippen molar-refractivity contribution < 1.29 is 0 Å². The Balaban J connectivity index is -0.000000485. The highest BCUT2D eigenvalue weighted by atomic mass is 14.5. The highest BCUT2D eigenvalue weighted by Crippen LogP contribution is 2.51. The molecule has 7 aliphatic carbocycles. The zero-order valence-electron chi connectivity index (χ0n) is 76.5. The summed E-state index contributed by atoms with van der Waals surface area (Å²) >= 11 is 0. The van der Waals surface area contributed by atoms with Gasteiger partial charge in [0.1, 0.15) is 0 Å². The summed E-state index contributed by atoms with van der Waals surface area (Å²) in [6, 6.07) is 0. The van der Waals surface area contributed by atoms with E-state index in [1.165, 1.54) is 154 Å². The van der Waals surface area contributed by atoms with Crippen molar-refractivity contribution in [1.29, 1.82) is 0 Å². The first kappa shape index (κ1) is 102. The van der Waals surface area contributed by atoms with E-state index in [-0.39, 0.29) is 0 Å². The van der Waals surface area contributed by atoms with Gasteiger partial charge in [0.15, 0.2) is 0 Å². The zero-order valence-corrected chi connectivity index (χ0v) is 76.5. The van der Waals surface area contributed by atoms with E-state index >= 15 is 0 Å². The van der Waals surface area contributed by atoms with Crippen LogP contribution >= 0.6 is 0 Å². The molecule has 0 saturated heterocycles. The van der Waals surface area contributed by atoms with Gasteiger partial charge in [0.05, 0.1) is 0 Å². The van der Waals surface area contributed by atoms with Gasteiger partial charge in [-0.05, 0) is 181 Å². The fourth-order valence-corrected chi connectivity index (χ4v) is 15.1.